The van der Waals surface area contributed by atoms with Gasteiger partial charge in [0.15, 0.2) is 0 Å². The highest BCUT2D eigenvalue weighted by molar-refractivity contribution is 5.58. The fourth-order valence-electron chi connectivity index (χ4n) is 1.61. The second-order valence-electron chi connectivity index (χ2n) is 4.59. The molecular weight excluding hydrogens is 232 g/mol. The van der Waals surface area contributed by atoms with Gasteiger partial charge < -0.3 is 4.74 Å². The van der Waals surface area contributed by atoms with Gasteiger partial charge in [-0.2, -0.15) is 4.89 Å². The minimum atomic E-state index is -0.721. The molecule has 0 N–H and O–H groups in total. The van der Waals surface area contributed by atoms with Crippen LogP contribution in [0.25, 0.3) is 0 Å². The van der Waals surface area contributed by atoms with Gasteiger partial charge in [-0.1, -0.05) is 52.9 Å². The molecule has 0 radical (unpaired) electrons. The summed E-state index contributed by atoms with van der Waals surface area (Å²) in [6, 6.07) is 0. The van der Waals surface area contributed by atoms with Crippen LogP contribution in [0.5, 0.6) is 0 Å². The average Bonchev–Trinajstić information content (AvgIpc) is 2.39. The van der Waals surface area contributed by atoms with Crippen LogP contribution in [0, 0.1) is 5.92 Å². The first-order valence-electron chi connectivity index (χ1n) is 7.20. The lowest BCUT2D eigenvalue weighted by molar-refractivity contribution is -0.255. The Kier molecular flexibility index (Phi) is 12.1. The number of hydrogen-bond acceptors (Lipinski definition) is 4. The molecular formula is C14H28O4. The van der Waals surface area contributed by atoms with Crippen LogP contribution in [-0.2, 0) is 14.5 Å². The Hall–Kier alpha value is -0.770. The van der Waals surface area contributed by atoms with E-state index in [9.17, 15) is 4.79 Å². The molecule has 0 bridgehead atoms. The highest BCUT2D eigenvalue weighted by Gasteiger charge is 2.11. The van der Waals surface area contributed by atoms with Crippen molar-refractivity contribution in [1.82, 2.24) is 0 Å². The molecule has 1 unspecified atom stereocenters. The molecule has 0 rings (SSSR count). The van der Waals surface area contributed by atoms with E-state index in [1.54, 1.807) is 0 Å². The molecule has 0 aromatic rings. The van der Waals surface area contributed by atoms with Crippen LogP contribution in [0.1, 0.15) is 65.7 Å². The smallest absolute Gasteiger partial charge is 0.432 e. The molecule has 0 amide bonds. The van der Waals surface area contributed by atoms with Crippen molar-refractivity contribution >= 4 is 6.16 Å². The van der Waals surface area contributed by atoms with Crippen LogP contribution < -0.4 is 0 Å². The van der Waals surface area contributed by atoms with Crippen molar-refractivity contribution in [3.05, 3.63) is 0 Å². The van der Waals surface area contributed by atoms with E-state index in [4.69, 9.17) is 9.62 Å². The number of ether oxygens (including phenoxy) is 1. The van der Waals surface area contributed by atoms with Crippen molar-refractivity contribution in [3.63, 3.8) is 0 Å². The van der Waals surface area contributed by atoms with E-state index in [0.29, 0.717) is 19.1 Å². The molecule has 0 saturated heterocycles. The molecule has 4 nitrogen and oxygen atoms in total. The highest BCUT2D eigenvalue weighted by Crippen LogP contribution is 2.13. The second kappa shape index (κ2) is 12.7. The summed E-state index contributed by atoms with van der Waals surface area (Å²) >= 11 is 0. The van der Waals surface area contributed by atoms with E-state index in [-0.39, 0.29) is 0 Å². The SMILES string of the molecule is CCCCCOOC(=O)OCC(CC)CCCC. The molecule has 0 aliphatic carbocycles. The van der Waals surface area contributed by atoms with Crippen LogP contribution in [0.3, 0.4) is 0 Å². The number of hydrogen-bond donors (Lipinski definition) is 0. The van der Waals surface area contributed by atoms with Crippen LogP contribution in [-0.4, -0.2) is 19.4 Å². The molecule has 0 saturated carbocycles. The van der Waals surface area contributed by atoms with Gasteiger partial charge in [0.2, 0.25) is 0 Å². The maximum absolute atomic E-state index is 11.2. The van der Waals surface area contributed by atoms with Crippen molar-refractivity contribution in [2.45, 2.75) is 65.7 Å². The lowest BCUT2D eigenvalue weighted by Crippen LogP contribution is -2.15. The average molecular weight is 260 g/mol. The summed E-state index contributed by atoms with van der Waals surface area (Å²) in [5, 5.41) is 0. The summed E-state index contributed by atoms with van der Waals surface area (Å²) in [5.41, 5.74) is 0. The molecule has 0 aliphatic rings. The van der Waals surface area contributed by atoms with Crippen LogP contribution in [0.4, 0.5) is 4.79 Å². The van der Waals surface area contributed by atoms with Gasteiger partial charge in [0, 0.05) is 0 Å². The zero-order chi connectivity index (χ0) is 13.6. The summed E-state index contributed by atoms with van der Waals surface area (Å²) in [5.74, 6) is 0.428. The lowest BCUT2D eigenvalue weighted by Gasteiger charge is -2.13. The van der Waals surface area contributed by atoms with E-state index >= 15 is 0 Å². The summed E-state index contributed by atoms with van der Waals surface area (Å²) < 4.78 is 5.01. The maximum Gasteiger partial charge on any atom is 0.540 e. The maximum atomic E-state index is 11.2. The van der Waals surface area contributed by atoms with Crippen molar-refractivity contribution in [3.8, 4) is 0 Å². The van der Waals surface area contributed by atoms with Crippen molar-refractivity contribution in [2.75, 3.05) is 13.2 Å². The first-order chi connectivity index (χ1) is 8.74. The predicted octanol–water partition coefficient (Wildman–Crippen LogP) is 4.48. The number of unbranched alkanes of at least 4 members (excludes halogenated alkanes) is 3. The molecule has 0 spiro atoms. The number of rotatable bonds is 11. The number of carbonyl (C=O) groups is 1. The van der Waals surface area contributed by atoms with Crippen molar-refractivity contribution < 1.29 is 19.3 Å². The van der Waals surface area contributed by atoms with Gasteiger partial charge in [-0.15, -0.1) is 0 Å². The summed E-state index contributed by atoms with van der Waals surface area (Å²) in [4.78, 5) is 20.5. The van der Waals surface area contributed by atoms with Gasteiger partial charge in [-0.05, 0) is 18.8 Å². The van der Waals surface area contributed by atoms with E-state index in [0.717, 1.165) is 32.1 Å². The third-order valence-electron chi connectivity index (χ3n) is 2.94. The van der Waals surface area contributed by atoms with E-state index in [1.165, 1.54) is 12.8 Å². The lowest BCUT2D eigenvalue weighted by atomic mass is 10.0. The fourth-order valence-corrected chi connectivity index (χ4v) is 1.61. The normalized spacial score (nSPS) is 12.2. The Balaban J connectivity index is 3.49. The molecule has 1 atom stereocenters. The minimum Gasteiger partial charge on any atom is -0.432 e. The summed E-state index contributed by atoms with van der Waals surface area (Å²) in [6.45, 7) is 7.24. The zero-order valence-corrected chi connectivity index (χ0v) is 12.1. The Morgan fingerprint density at radius 1 is 1.06 bits per heavy atom. The second-order valence-corrected chi connectivity index (χ2v) is 4.59. The molecule has 0 fully saturated rings. The first-order valence-corrected chi connectivity index (χ1v) is 7.20. The molecule has 0 heterocycles. The fraction of sp³-hybridized carbons (Fsp3) is 0.929. The minimum absolute atomic E-state index is 0.424. The summed E-state index contributed by atoms with van der Waals surface area (Å²) in [6.07, 6.45) is 6.82. The monoisotopic (exact) mass is 260 g/mol. The van der Waals surface area contributed by atoms with Gasteiger partial charge in [0.1, 0.15) is 0 Å². The Labute approximate surface area is 111 Å². The van der Waals surface area contributed by atoms with Crippen molar-refractivity contribution in [1.29, 1.82) is 0 Å². The summed E-state index contributed by atoms with van der Waals surface area (Å²) in [7, 11) is 0. The Morgan fingerprint density at radius 3 is 2.39 bits per heavy atom. The van der Waals surface area contributed by atoms with Gasteiger partial charge >= 0.3 is 6.16 Å². The third-order valence-corrected chi connectivity index (χ3v) is 2.94. The van der Waals surface area contributed by atoms with E-state index in [2.05, 4.69) is 25.7 Å². The van der Waals surface area contributed by atoms with Gasteiger partial charge in [0.05, 0.1) is 13.2 Å². The zero-order valence-electron chi connectivity index (χ0n) is 12.1. The molecule has 0 aromatic carbocycles. The van der Waals surface area contributed by atoms with E-state index < -0.39 is 6.16 Å². The standard InChI is InChI=1S/C14H28O4/c1-4-7-9-11-17-18-14(15)16-12-13(6-3)10-8-5-2/h13H,4-12H2,1-3H3. The first kappa shape index (κ1) is 17.2. The van der Waals surface area contributed by atoms with Crippen LogP contribution >= 0.6 is 0 Å². The number of carbonyl (C=O) groups excluding carboxylic acids is 1. The molecule has 0 aliphatic heterocycles. The van der Waals surface area contributed by atoms with Crippen LogP contribution in [0.2, 0.25) is 0 Å². The Morgan fingerprint density at radius 2 is 1.78 bits per heavy atom. The molecule has 18 heavy (non-hydrogen) atoms. The largest absolute Gasteiger partial charge is 0.540 e. The third kappa shape index (κ3) is 10.4. The molecule has 108 valence electrons. The Bertz CT molecular complexity index is 194. The quantitative estimate of drug-likeness (QED) is 0.238. The van der Waals surface area contributed by atoms with Crippen LogP contribution in [0.15, 0.2) is 0 Å². The topological polar surface area (TPSA) is 44.8 Å². The van der Waals surface area contributed by atoms with Gasteiger partial charge in [-0.3, -0.25) is 4.89 Å². The molecule has 4 heteroatoms. The highest BCUT2D eigenvalue weighted by atomic mass is 17.2. The van der Waals surface area contributed by atoms with Crippen molar-refractivity contribution in [2.24, 2.45) is 5.92 Å². The van der Waals surface area contributed by atoms with E-state index in [1.807, 2.05) is 0 Å². The van der Waals surface area contributed by atoms with Gasteiger partial charge in [0.25, 0.3) is 0 Å². The molecule has 0 aromatic heterocycles. The van der Waals surface area contributed by atoms with Gasteiger partial charge in [-0.25, -0.2) is 4.79 Å². The predicted molar refractivity (Wildman–Crippen MR) is 71.2 cm³/mol.